The first kappa shape index (κ1) is 17.4. The van der Waals surface area contributed by atoms with Gasteiger partial charge in [-0.2, -0.15) is 0 Å². The summed E-state index contributed by atoms with van der Waals surface area (Å²) in [6.07, 6.45) is 1.62. The summed E-state index contributed by atoms with van der Waals surface area (Å²) in [5.74, 6) is 0.552. The van der Waals surface area contributed by atoms with Gasteiger partial charge in [-0.15, -0.1) is 0 Å². The van der Waals surface area contributed by atoms with E-state index in [2.05, 4.69) is 9.97 Å². The minimum atomic E-state index is -0.202. The Morgan fingerprint density at radius 1 is 1.30 bits per heavy atom. The molecule has 0 aliphatic carbocycles. The number of phenolic OH excluding ortho intramolecular Hbond substituents is 1. The zero-order valence-electron chi connectivity index (χ0n) is 14.7. The Morgan fingerprint density at radius 3 is 2.89 bits per heavy atom. The smallest absolute Gasteiger partial charge is 0.290 e. The summed E-state index contributed by atoms with van der Waals surface area (Å²) >= 11 is 6.09. The molecule has 2 N–H and O–H groups in total. The number of hydrogen-bond donors (Lipinski definition) is 2. The zero-order chi connectivity index (χ0) is 19.0. The summed E-state index contributed by atoms with van der Waals surface area (Å²) in [7, 11) is 0. The number of nitrogens with one attached hydrogen (secondary N) is 1. The Bertz CT molecular complexity index is 1020. The molecule has 3 aromatic rings. The molecule has 0 radical (unpaired) electrons. The molecule has 0 fully saturated rings. The molecule has 2 aromatic carbocycles. The lowest BCUT2D eigenvalue weighted by Gasteiger charge is -2.19. The first-order chi connectivity index (χ1) is 13.0. The van der Waals surface area contributed by atoms with E-state index in [4.69, 9.17) is 16.3 Å². The van der Waals surface area contributed by atoms with Crippen molar-refractivity contribution in [2.24, 2.45) is 0 Å². The lowest BCUT2D eigenvalue weighted by molar-refractivity contribution is 0.0722. The van der Waals surface area contributed by atoms with Gasteiger partial charge in [0, 0.05) is 22.5 Å². The van der Waals surface area contributed by atoms with Crippen LogP contribution >= 0.6 is 11.6 Å². The first-order valence-corrected chi connectivity index (χ1v) is 8.94. The number of nitrogens with zero attached hydrogens (tertiary/aromatic N) is 2. The van der Waals surface area contributed by atoms with E-state index in [0.29, 0.717) is 36.3 Å². The van der Waals surface area contributed by atoms with Gasteiger partial charge in [-0.05, 0) is 42.3 Å². The van der Waals surface area contributed by atoms with Gasteiger partial charge in [-0.1, -0.05) is 23.7 Å². The Labute approximate surface area is 161 Å². The van der Waals surface area contributed by atoms with Crippen molar-refractivity contribution in [3.63, 3.8) is 0 Å². The minimum absolute atomic E-state index is 0.0469. The fourth-order valence-corrected chi connectivity index (χ4v) is 3.37. The molecular formula is C20H18ClN3O3. The van der Waals surface area contributed by atoms with Crippen LogP contribution in [0.5, 0.6) is 11.5 Å². The van der Waals surface area contributed by atoms with Crippen molar-refractivity contribution in [2.75, 3.05) is 13.2 Å². The number of benzene rings is 2. The van der Waals surface area contributed by atoms with Gasteiger partial charge < -0.3 is 19.7 Å². The monoisotopic (exact) mass is 383 g/mol. The van der Waals surface area contributed by atoms with Gasteiger partial charge in [0.2, 0.25) is 0 Å². The highest BCUT2D eigenvalue weighted by Gasteiger charge is 2.25. The molecule has 1 amide bonds. The Balaban J connectivity index is 1.69. The summed E-state index contributed by atoms with van der Waals surface area (Å²) in [5.41, 5.74) is 3.25. The number of carbonyl (C=O) groups is 1. The molecule has 6 nitrogen and oxygen atoms in total. The van der Waals surface area contributed by atoms with Gasteiger partial charge in [0.15, 0.2) is 17.3 Å². The summed E-state index contributed by atoms with van der Waals surface area (Å²) < 4.78 is 5.71. The van der Waals surface area contributed by atoms with Gasteiger partial charge >= 0.3 is 0 Å². The predicted octanol–water partition coefficient (Wildman–Crippen LogP) is 3.78. The van der Waals surface area contributed by atoms with Crippen molar-refractivity contribution >= 4 is 17.5 Å². The molecule has 4 rings (SSSR count). The van der Waals surface area contributed by atoms with E-state index >= 15 is 0 Å². The van der Waals surface area contributed by atoms with Crippen LogP contribution in [-0.4, -0.2) is 39.0 Å². The number of aromatic amines is 1. The van der Waals surface area contributed by atoms with E-state index in [9.17, 15) is 9.90 Å². The number of phenols is 1. The van der Waals surface area contributed by atoms with Crippen LogP contribution in [-0.2, 0) is 6.54 Å². The van der Waals surface area contributed by atoms with Crippen LogP contribution in [0.3, 0.4) is 0 Å². The van der Waals surface area contributed by atoms with Gasteiger partial charge in [-0.3, -0.25) is 4.79 Å². The molecule has 27 heavy (non-hydrogen) atoms. The molecule has 0 saturated carbocycles. The zero-order valence-corrected chi connectivity index (χ0v) is 15.5. The lowest BCUT2D eigenvalue weighted by Crippen LogP contribution is -2.33. The van der Waals surface area contributed by atoms with E-state index < -0.39 is 0 Å². The molecule has 0 spiro atoms. The van der Waals surface area contributed by atoms with Crippen LogP contribution in [0.25, 0.3) is 11.1 Å². The Hall–Kier alpha value is -2.99. The Morgan fingerprint density at radius 2 is 2.15 bits per heavy atom. The van der Waals surface area contributed by atoms with Crippen LogP contribution in [0.2, 0.25) is 5.02 Å². The number of hydrogen-bond acceptors (Lipinski definition) is 4. The molecular weight excluding hydrogens is 366 g/mol. The summed E-state index contributed by atoms with van der Waals surface area (Å²) in [6, 6.07) is 11.0. The fraction of sp³-hybridized carbons (Fsp3) is 0.200. The highest BCUT2D eigenvalue weighted by molar-refractivity contribution is 6.30. The minimum Gasteiger partial charge on any atom is -0.504 e. The number of fused-ring (bicyclic) bond motifs is 1. The van der Waals surface area contributed by atoms with Crippen molar-refractivity contribution in [1.29, 1.82) is 0 Å². The van der Waals surface area contributed by atoms with E-state index in [1.165, 1.54) is 0 Å². The second-order valence-corrected chi connectivity index (χ2v) is 6.92. The largest absolute Gasteiger partial charge is 0.504 e. The maximum Gasteiger partial charge on any atom is 0.290 e. The quantitative estimate of drug-likeness (QED) is 0.706. The first-order valence-electron chi connectivity index (χ1n) is 8.57. The summed E-state index contributed by atoms with van der Waals surface area (Å²) in [6.45, 7) is 2.86. The number of rotatable bonds is 2. The predicted molar refractivity (Wildman–Crippen MR) is 102 cm³/mol. The van der Waals surface area contributed by atoms with Crippen molar-refractivity contribution in [1.82, 2.24) is 14.9 Å². The normalized spacial score (nSPS) is 13.6. The number of aromatic nitrogens is 2. The van der Waals surface area contributed by atoms with Gasteiger partial charge in [-0.25, -0.2) is 4.98 Å². The highest BCUT2D eigenvalue weighted by Crippen LogP contribution is 2.38. The number of aromatic hydroxyl groups is 1. The SMILES string of the molecule is Cc1cnc(C(=O)N2CCOc3c(O)cc(-c4cccc(Cl)c4)cc3C2)[nH]1. The van der Waals surface area contributed by atoms with Crippen LogP contribution in [0, 0.1) is 6.92 Å². The molecule has 7 heteroatoms. The molecule has 2 heterocycles. The highest BCUT2D eigenvalue weighted by atomic mass is 35.5. The molecule has 1 aromatic heterocycles. The van der Waals surface area contributed by atoms with Crippen molar-refractivity contribution in [3.8, 4) is 22.6 Å². The van der Waals surface area contributed by atoms with Crippen molar-refractivity contribution in [3.05, 3.63) is 64.7 Å². The molecule has 0 saturated heterocycles. The maximum atomic E-state index is 12.8. The van der Waals surface area contributed by atoms with Crippen LogP contribution in [0.1, 0.15) is 21.9 Å². The maximum absolute atomic E-state index is 12.8. The summed E-state index contributed by atoms with van der Waals surface area (Å²) in [5, 5.41) is 11.1. The van der Waals surface area contributed by atoms with E-state index in [-0.39, 0.29) is 11.7 Å². The third-order valence-corrected chi connectivity index (χ3v) is 4.70. The standard InChI is InChI=1S/C20H18ClN3O3/c1-12-10-22-19(23-12)20(26)24-5-6-27-18-15(11-24)7-14(9-17(18)25)13-3-2-4-16(21)8-13/h2-4,7-10,25H,5-6,11H2,1H3,(H,22,23). The Kier molecular flexibility index (Phi) is 4.49. The second-order valence-electron chi connectivity index (χ2n) is 6.48. The van der Waals surface area contributed by atoms with Crippen LogP contribution in [0.4, 0.5) is 0 Å². The number of amides is 1. The van der Waals surface area contributed by atoms with Gasteiger partial charge in [0.25, 0.3) is 5.91 Å². The number of H-pyrrole nitrogens is 1. The topological polar surface area (TPSA) is 78.5 Å². The van der Waals surface area contributed by atoms with E-state index in [1.54, 1.807) is 23.2 Å². The second kappa shape index (κ2) is 6.96. The van der Waals surface area contributed by atoms with E-state index in [0.717, 1.165) is 22.4 Å². The lowest BCUT2D eigenvalue weighted by atomic mass is 10.0. The number of imidazole rings is 1. The number of halogens is 1. The molecule has 0 atom stereocenters. The average Bonchev–Trinajstić information content (AvgIpc) is 2.96. The third kappa shape index (κ3) is 3.48. The molecule has 138 valence electrons. The fourth-order valence-electron chi connectivity index (χ4n) is 3.18. The molecule has 1 aliphatic rings. The summed E-state index contributed by atoms with van der Waals surface area (Å²) in [4.78, 5) is 21.5. The van der Waals surface area contributed by atoms with Gasteiger partial charge in [0.1, 0.15) is 6.61 Å². The molecule has 0 unspecified atom stereocenters. The molecule has 0 bridgehead atoms. The number of carbonyl (C=O) groups excluding carboxylic acids is 1. The number of ether oxygens (including phenoxy) is 1. The average molecular weight is 384 g/mol. The van der Waals surface area contributed by atoms with Crippen molar-refractivity contribution < 1.29 is 14.6 Å². The number of aryl methyl sites for hydroxylation is 1. The van der Waals surface area contributed by atoms with Gasteiger partial charge in [0.05, 0.1) is 13.1 Å². The van der Waals surface area contributed by atoms with Crippen molar-refractivity contribution in [2.45, 2.75) is 13.5 Å². The van der Waals surface area contributed by atoms with E-state index in [1.807, 2.05) is 31.2 Å². The molecule has 1 aliphatic heterocycles. The van der Waals surface area contributed by atoms with Crippen LogP contribution in [0.15, 0.2) is 42.6 Å². The third-order valence-electron chi connectivity index (χ3n) is 4.47. The van der Waals surface area contributed by atoms with Crippen LogP contribution < -0.4 is 4.74 Å².